The van der Waals surface area contributed by atoms with Crippen molar-refractivity contribution in [2.75, 3.05) is 39.5 Å². The summed E-state index contributed by atoms with van der Waals surface area (Å²) in [6, 6.07) is 0. The lowest BCUT2D eigenvalue weighted by atomic mass is 10.4. The molecule has 3 N–H and O–H groups in total. The Labute approximate surface area is 82.9 Å². The first kappa shape index (κ1) is 13.8. The van der Waals surface area contributed by atoms with Crippen molar-refractivity contribution in [2.45, 2.75) is 0 Å². The van der Waals surface area contributed by atoms with Crippen molar-refractivity contribution in [2.24, 2.45) is 0 Å². The number of rotatable bonds is 8. The molecule has 0 radical (unpaired) electrons. The topological polar surface area (TPSA) is 107 Å². The van der Waals surface area contributed by atoms with Gasteiger partial charge in [-0.25, -0.2) is 4.18 Å². The zero-order valence-electron chi connectivity index (χ0n) is 7.66. The summed E-state index contributed by atoms with van der Waals surface area (Å²) in [5, 5.41) is 17.2. The van der Waals surface area contributed by atoms with Crippen molar-refractivity contribution >= 4 is 10.4 Å². The molecule has 0 fully saturated rings. The molecule has 0 rings (SSSR count). The van der Waals surface area contributed by atoms with Gasteiger partial charge in [0, 0.05) is 19.6 Å². The van der Waals surface area contributed by atoms with Crippen molar-refractivity contribution in [1.82, 2.24) is 4.90 Å². The van der Waals surface area contributed by atoms with Crippen LogP contribution in [0.1, 0.15) is 0 Å². The van der Waals surface area contributed by atoms with Gasteiger partial charge in [-0.2, -0.15) is 8.42 Å². The van der Waals surface area contributed by atoms with Gasteiger partial charge in [-0.15, -0.1) is 0 Å². The highest BCUT2D eigenvalue weighted by Gasteiger charge is 2.07. The molecule has 0 aliphatic rings. The molecule has 0 amide bonds. The van der Waals surface area contributed by atoms with E-state index in [2.05, 4.69) is 4.18 Å². The van der Waals surface area contributed by atoms with E-state index in [-0.39, 0.29) is 26.4 Å². The van der Waals surface area contributed by atoms with E-state index in [1.54, 1.807) is 4.90 Å². The Morgan fingerprint density at radius 2 is 1.57 bits per heavy atom. The molecule has 0 bridgehead atoms. The minimum atomic E-state index is -4.40. The molecule has 0 heterocycles. The molecule has 0 aliphatic heterocycles. The molecule has 0 atom stereocenters. The first-order valence-electron chi connectivity index (χ1n) is 4.05. The average Bonchev–Trinajstić information content (AvgIpc) is 2.02. The molecular weight excluding hydrogens is 214 g/mol. The van der Waals surface area contributed by atoms with Crippen molar-refractivity contribution in [3.05, 3.63) is 0 Å². The standard InChI is InChI=1S/C6H15NO6S/c8-4-1-7(2-5-9)3-6-13-14(10,11)12/h8-9H,1-6H2,(H,10,11,12). The minimum Gasteiger partial charge on any atom is -0.395 e. The lowest BCUT2D eigenvalue weighted by Gasteiger charge is -2.18. The van der Waals surface area contributed by atoms with E-state index in [1.165, 1.54) is 0 Å². The van der Waals surface area contributed by atoms with Gasteiger partial charge in [-0.1, -0.05) is 0 Å². The van der Waals surface area contributed by atoms with Crippen LogP contribution >= 0.6 is 0 Å². The van der Waals surface area contributed by atoms with E-state index in [0.29, 0.717) is 13.1 Å². The van der Waals surface area contributed by atoms with Gasteiger partial charge in [0.05, 0.1) is 19.8 Å². The third-order valence-corrected chi connectivity index (χ3v) is 1.94. The Hall–Kier alpha value is -0.250. The molecule has 0 aromatic rings. The van der Waals surface area contributed by atoms with Gasteiger partial charge >= 0.3 is 10.4 Å². The third kappa shape index (κ3) is 8.35. The highest BCUT2D eigenvalue weighted by atomic mass is 32.3. The van der Waals surface area contributed by atoms with Gasteiger partial charge in [-0.05, 0) is 0 Å². The summed E-state index contributed by atoms with van der Waals surface area (Å²) >= 11 is 0. The quantitative estimate of drug-likeness (QED) is 0.417. The molecule has 0 aliphatic carbocycles. The van der Waals surface area contributed by atoms with E-state index in [4.69, 9.17) is 14.8 Å². The maximum Gasteiger partial charge on any atom is 0.397 e. The first-order valence-corrected chi connectivity index (χ1v) is 5.42. The summed E-state index contributed by atoms with van der Waals surface area (Å²) < 4.78 is 32.6. The van der Waals surface area contributed by atoms with Crippen LogP contribution in [0.4, 0.5) is 0 Å². The van der Waals surface area contributed by atoms with Gasteiger partial charge in [-0.3, -0.25) is 9.45 Å². The molecule has 0 aromatic heterocycles. The van der Waals surface area contributed by atoms with E-state index < -0.39 is 10.4 Å². The number of nitrogens with zero attached hydrogens (tertiary/aromatic N) is 1. The normalized spacial score (nSPS) is 12.3. The fourth-order valence-electron chi connectivity index (χ4n) is 0.890. The van der Waals surface area contributed by atoms with Crippen LogP contribution in [0.3, 0.4) is 0 Å². The van der Waals surface area contributed by atoms with Crippen LogP contribution in [0.15, 0.2) is 0 Å². The van der Waals surface area contributed by atoms with Crippen LogP contribution in [0.25, 0.3) is 0 Å². The summed E-state index contributed by atoms with van der Waals surface area (Å²) in [7, 11) is -4.40. The molecule has 0 saturated carbocycles. The molecule has 0 aromatic carbocycles. The van der Waals surface area contributed by atoms with Crippen LogP contribution < -0.4 is 0 Å². The Kier molecular flexibility index (Phi) is 6.97. The van der Waals surface area contributed by atoms with Crippen LogP contribution in [0.5, 0.6) is 0 Å². The lowest BCUT2D eigenvalue weighted by Crippen LogP contribution is -2.33. The third-order valence-electron chi connectivity index (χ3n) is 1.47. The number of aliphatic hydroxyl groups is 2. The zero-order chi connectivity index (χ0) is 11.0. The summed E-state index contributed by atoms with van der Waals surface area (Å²) in [4.78, 5) is 1.60. The predicted octanol–water partition coefficient (Wildman–Crippen LogP) is -1.91. The molecule has 8 heteroatoms. The molecule has 0 saturated heterocycles. The predicted molar refractivity (Wildman–Crippen MR) is 48.1 cm³/mol. The molecule has 0 unspecified atom stereocenters. The number of hydrogen-bond donors (Lipinski definition) is 3. The fraction of sp³-hybridized carbons (Fsp3) is 1.00. The largest absolute Gasteiger partial charge is 0.397 e. The Bertz CT molecular complexity index is 222. The summed E-state index contributed by atoms with van der Waals surface area (Å²) in [5.41, 5.74) is 0. The van der Waals surface area contributed by atoms with Crippen molar-refractivity contribution < 1.29 is 27.4 Å². The first-order chi connectivity index (χ1) is 6.49. The molecule has 7 nitrogen and oxygen atoms in total. The SMILES string of the molecule is O=S(=O)(O)OCCN(CCO)CCO. The van der Waals surface area contributed by atoms with E-state index in [0.717, 1.165) is 0 Å². The van der Waals surface area contributed by atoms with Crippen LogP contribution in [0.2, 0.25) is 0 Å². The maximum atomic E-state index is 10.1. The highest BCUT2D eigenvalue weighted by molar-refractivity contribution is 7.80. The van der Waals surface area contributed by atoms with E-state index >= 15 is 0 Å². The van der Waals surface area contributed by atoms with Gasteiger partial charge in [0.1, 0.15) is 0 Å². The highest BCUT2D eigenvalue weighted by Crippen LogP contribution is 1.90. The summed E-state index contributed by atoms with van der Waals surface area (Å²) in [6.45, 7) is 0.447. The summed E-state index contributed by atoms with van der Waals surface area (Å²) in [5.74, 6) is 0. The lowest BCUT2D eigenvalue weighted by molar-refractivity contribution is 0.139. The van der Waals surface area contributed by atoms with Crippen LogP contribution in [-0.2, 0) is 14.6 Å². The monoisotopic (exact) mass is 229 g/mol. The van der Waals surface area contributed by atoms with Gasteiger partial charge < -0.3 is 10.2 Å². The molecule has 14 heavy (non-hydrogen) atoms. The summed E-state index contributed by atoms with van der Waals surface area (Å²) in [6.07, 6.45) is 0. The van der Waals surface area contributed by atoms with Crippen molar-refractivity contribution in [3.63, 3.8) is 0 Å². The molecule has 0 spiro atoms. The Morgan fingerprint density at radius 3 is 1.93 bits per heavy atom. The maximum absolute atomic E-state index is 10.1. The van der Waals surface area contributed by atoms with Gasteiger partial charge in [0.2, 0.25) is 0 Å². The second-order valence-electron chi connectivity index (χ2n) is 2.54. The minimum absolute atomic E-state index is 0.0914. The molecule has 86 valence electrons. The van der Waals surface area contributed by atoms with Crippen LogP contribution in [-0.4, -0.2) is 67.5 Å². The zero-order valence-corrected chi connectivity index (χ0v) is 8.48. The smallest absolute Gasteiger partial charge is 0.395 e. The van der Waals surface area contributed by atoms with Gasteiger partial charge in [0.15, 0.2) is 0 Å². The Morgan fingerprint density at radius 1 is 1.07 bits per heavy atom. The van der Waals surface area contributed by atoms with Crippen LogP contribution in [0, 0.1) is 0 Å². The van der Waals surface area contributed by atoms with Crippen molar-refractivity contribution in [3.8, 4) is 0 Å². The van der Waals surface area contributed by atoms with Gasteiger partial charge in [0.25, 0.3) is 0 Å². The average molecular weight is 229 g/mol. The second-order valence-corrected chi connectivity index (χ2v) is 3.63. The molecular formula is C6H15NO6S. The van der Waals surface area contributed by atoms with E-state index in [9.17, 15) is 8.42 Å². The second kappa shape index (κ2) is 7.10. The fourth-order valence-corrected chi connectivity index (χ4v) is 1.18. The van der Waals surface area contributed by atoms with E-state index in [1.807, 2.05) is 0 Å². The van der Waals surface area contributed by atoms with Crippen molar-refractivity contribution in [1.29, 1.82) is 0 Å². The Balaban J connectivity index is 3.70. The number of aliphatic hydroxyl groups excluding tert-OH is 2. The number of hydrogen-bond acceptors (Lipinski definition) is 6.